The quantitative estimate of drug-likeness (QED) is 0.450. The molecule has 5 rings (SSSR count). The smallest absolute Gasteiger partial charge is 0.471 e. The molecule has 7 nitrogen and oxygen atoms in total. The highest BCUT2D eigenvalue weighted by atomic mass is 35.5. The van der Waals surface area contributed by atoms with E-state index in [1.807, 2.05) is 12.1 Å². The summed E-state index contributed by atoms with van der Waals surface area (Å²) in [5.74, 6) is -1.87. The lowest BCUT2D eigenvalue weighted by Crippen LogP contribution is -2.43. The Kier molecular flexibility index (Phi) is 6.16. The average molecular weight is 538 g/mol. The number of amides is 3. The van der Waals surface area contributed by atoms with E-state index in [1.54, 1.807) is 12.1 Å². The van der Waals surface area contributed by atoms with E-state index >= 15 is 0 Å². The normalized spacial score (nSPS) is 16.1. The molecule has 0 atom stereocenters. The minimum atomic E-state index is -4.95. The highest BCUT2D eigenvalue weighted by molar-refractivity contribution is 7.19. The summed E-state index contributed by atoms with van der Waals surface area (Å²) in [6.07, 6.45) is -4.49. The number of hydrogen-bond donors (Lipinski definition) is 0. The predicted molar refractivity (Wildman–Crippen MR) is 127 cm³/mol. The standard InChI is InChI=1S/C24H19ClF3N3O4S/c1-35-13-4-2-12(3-5-13)19-20-14-8-9-30(23(34)24(26,27)28)11-16(14)36-22(20)29-15(21(19)25)10-31-17(32)6-7-18(31)33/h2-5H,6-11H2,1H3. The van der Waals surface area contributed by atoms with Gasteiger partial charge in [-0.15, -0.1) is 11.3 Å². The molecule has 36 heavy (non-hydrogen) atoms. The first kappa shape index (κ1) is 24.5. The Hall–Kier alpha value is -3.18. The topological polar surface area (TPSA) is 79.8 Å². The molecule has 0 spiro atoms. The van der Waals surface area contributed by atoms with Crippen LogP contribution in [0.25, 0.3) is 21.3 Å². The molecule has 3 amide bonds. The monoisotopic (exact) mass is 537 g/mol. The SMILES string of the molecule is COc1ccc(-c2c(Cl)c(CN3C(=O)CCC3=O)nc3sc4c(c23)CCN(C(=O)C(F)(F)F)C4)cc1. The summed E-state index contributed by atoms with van der Waals surface area (Å²) < 4.78 is 44.4. The Morgan fingerprint density at radius 1 is 1.14 bits per heavy atom. The predicted octanol–water partition coefficient (Wildman–Crippen LogP) is 4.72. The molecule has 12 heteroatoms. The van der Waals surface area contributed by atoms with Gasteiger partial charge >= 0.3 is 12.1 Å². The van der Waals surface area contributed by atoms with Crippen LogP contribution in [0.5, 0.6) is 5.75 Å². The van der Waals surface area contributed by atoms with E-state index in [-0.39, 0.29) is 55.7 Å². The summed E-state index contributed by atoms with van der Waals surface area (Å²) in [5, 5.41) is 0.960. The van der Waals surface area contributed by atoms with Crippen molar-refractivity contribution in [3.8, 4) is 16.9 Å². The van der Waals surface area contributed by atoms with Crippen LogP contribution in [0, 0.1) is 0 Å². The van der Waals surface area contributed by atoms with Crippen LogP contribution in [0.1, 0.15) is 29.0 Å². The third kappa shape index (κ3) is 4.20. The maximum absolute atomic E-state index is 13.0. The van der Waals surface area contributed by atoms with Gasteiger partial charge in [-0.1, -0.05) is 23.7 Å². The first-order valence-corrected chi connectivity index (χ1v) is 12.2. The van der Waals surface area contributed by atoms with Gasteiger partial charge in [-0.25, -0.2) is 4.98 Å². The highest BCUT2D eigenvalue weighted by Crippen LogP contribution is 2.45. The van der Waals surface area contributed by atoms with Crippen molar-refractivity contribution >= 4 is 50.9 Å². The molecular formula is C24H19ClF3N3O4S. The highest BCUT2D eigenvalue weighted by Gasteiger charge is 2.43. The van der Waals surface area contributed by atoms with Gasteiger partial charge in [0.25, 0.3) is 0 Å². The minimum Gasteiger partial charge on any atom is -0.497 e. The van der Waals surface area contributed by atoms with E-state index in [1.165, 1.54) is 18.4 Å². The zero-order valence-corrected chi connectivity index (χ0v) is 20.5. The third-order valence-electron chi connectivity index (χ3n) is 6.37. The second-order valence-electron chi connectivity index (χ2n) is 8.51. The number of thiophene rings is 1. The number of nitrogens with zero attached hydrogens (tertiary/aromatic N) is 3. The number of aromatic nitrogens is 1. The molecule has 2 aliphatic heterocycles. The lowest BCUT2D eigenvalue weighted by atomic mass is 9.96. The van der Waals surface area contributed by atoms with E-state index in [0.29, 0.717) is 32.1 Å². The van der Waals surface area contributed by atoms with Gasteiger partial charge in [0.1, 0.15) is 10.6 Å². The largest absolute Gasteiger partial charge is 0.497 e. The van der Waals surface area contributed by atoms with Crippen LogP contribution in [0.3, 0.4) is 0 Å². The molecule has 3 aromatic rings. The van der Waals surface area contributed by atoms with Gasteiger partial charge < -0.3 is 9.64 Å². The number of halogens is 4. The molecular weight excluding hydrogens is 519 g/mol. The Labute approximate surface area is 212 Å². The van der Waals surface area contributed by atoms with Crippen LogP contribution in [0.4, 0.5) is 13.2 Å². The molecule has 0 radical (unpaired) electrons. The molecule has 188 valence electrons. The number of rotatable bonds is 4. The zero-order valence-electron chi connectivity index (χ0n) is 18.9. The number of pyridine rings is 1. The Morgan fingerprint density at radius 3 is 2.42 bits per heavy atom. The van der Waals surface area contributed by atoms with E-state index in [9.17, 15) is 27.6 Å². The van der Waals surface area contributed by atoms with Crippen molar-refractivity contribution in [1.29, 1.82) is 0 Å². The molecule has 0 bridgehead atoms. The van der Waals surface area contributed by atoms with Crippen LogP contribution in [-0.2, 0) is 33.9 Å². The van der Waals surface area contributed by atoms with Crippen molar-refractivity contribution < 1.29 is 32.3 Å². The van der Waals surface area contributed by atoms with Crippen LogP contribution >= 0.6 is 22.9 Å². The molecule has 0 unspecified atom stereocenters. The minimum absolute atomic E-state index is 0.0879. The molecule has 0 N–H and O–H groups in total. The average Bonchev–Trinajstić information content (AvgIpc) is 3.37. The Balaban J connectivity index is 1.65. The number of hydrogen-bond acceptors (Lipinski definition) is 6. The number of ether oxygens (including phenoxy) is 1. The van der Waals surface area contributed by atoms with E-state index < -0.39 is 12.1 Å². The molecule has 0 saturated carbocycles. The maximum Gasteiger partial charge on any atom is 0.471 e. The summed E-state index contributed by atoms with van der Waals surface area (Å²) in [5.41, 5.74) is 2.45. The number of likely N-dealkylation sites (tertiary alicyclic amines) is 1. The van der Waals surface area contributed by atoms with Gasteiger partial charge in [0.2, 0.25) is 11.8 Å². The number of benzene rings is 1. The van der Waals surface area contributed by atoms with Gasteiger partial charge in [0, 0.05) is 35.2 Å². The first-order valence-electron chi connectivity index (χ1n) is 11.0. The zero-order chi connectivity index (χ0) is 25.8. The molecule has 2 aromatic heterocycles. The second kappa shape index (κ2) is 9.04. The number of carbonyl (C=O) groups excluding carboxylic acids is 3. The summed E-state index contributed by atoms with van der Waals surface area (Å²) >= 11 is 8.04. The number of fused-ring (bicyclic) bond motifs is 3. The Morgan fingerprint density at radius 2 is 1.81 bits per heavy atom. The Bertz CT molecular complexity index is 1390. The van der Waals surface area contributed by atoms with Gasteiger partial charge in [-0.2, -0.15) is 13.2 Å². The summed E-state index contributed by atoms with van der Waals surface area (Å²) in [6, 6.07) is 7.13. The maximum atomic E-state index is 13.0. The molecule has 0 aliphatic carbocycles. The molecule has 1 saturated heterocycles. The molecule has 1 aromatic carbocycles. The van der Waals surface area contributed by atoms with Crippen LogP contribution in [-0.4, -0.2) is 52.3 Å². The fraction of sp³-hybridized carbons (Fsp3) is 0.333. The fourth-order valence-corrected chi connectivity index (χ4v) is 6.16. The van der Waals surface area contributed by atoms with Crippen molar-refractivity contribution in [1.82, 2.24) is 14.8 Å². The van der Waals surface area contributed by atoms with Gasteiger partial charge in [0.15, 0.2) is 0 Å². The fourth-order valence-electron chi connectivity index (χ4n) is 4.59. The van der Waals surface area contributed by atoms with Crippen LogP contribution in [0.2, 0.25) is 5.02 Å². The summed E-state index contributed by atoms with van der Waals surface area (Å²) in [7, 11) is 1.54. The summed E-state index contributed by atoms with van der Waals surface area (Å²) in [4.78, 5) is 44.0. The molecule has 4 heterocycles. The van der Waals surface area contributed by atoms with Crippen molar-refractivity contribution in [3.63, 3.8) is 0 Å². The first-order chi connectivity index (χ1) is 17.1. The van der Waals surface area contributed by atoms with Crippen molar-refractivity contribution in [3.05, 3.63) is 45.4 Å². The lowest BCUT2D eigenvalue weighted by molar-refractivity contribution is -0.186. The van der Waals surface area contributed by atoms with Crippen molar-refractivity contribution in [2.45, 2.75) is 38.5 Å². The van der Waals surface area contributed by atoms with Crippen LogP contribution in [0.15, 0.2) is 24.3 Å². The number of carbonyl (C=O) groups is 3. The lowest BCUT2D eigenvalue weighted by Gasteiger charge is -2.27. The molecule has 2 aliphatic rings. The number of alkyl halides is 3. The number of methoxy groups -OCH3 is 1. The van der Waals surface area contributed by atoms with Gasteiger partial charge in [-0.05, 0) is 29.7 Å². The second-order valence-corrected chi connectivity index (χ2v) is 9.97. The van der Waals surface area contributed by atoms with E-state index in [4.69, 9.17) is 16.3 Å². The molecule has 1 fully saturated rings. The summed E-state index contributed by atoms with van der Waals surface area (Å²) in [6.45, 7) is -0.376. The van der Waals surface area contributed by atoms with E-state index in [0.717, 1.165) is 20.9 Å². The van der Waals surface area contributed by atoms with Gasteiger partial charge in [-0.3, -0.25) is 19.3 Å². The third-order valence-corrected chi connectivity index (χ3v) is 7.89. The van der Waals surface area contributed by atoms with E-state index in [2.05, 4.69) is 4.98 Å². The van der Waals surface area contributed by atoms with Crippen molar-refractivity contribution in [2.75, 3.05) is 13.7 Å². The number of imide groups is 1. The van der Waals surface area contributed by atoms with Crippen molar-refractivity contribution in [2.24, 2.45) is 0 Å². The van der Waals surface area contributed by atoms with Crippen LogP contribution < -0.4 is 4.74 Å². The van der Waals surface area contributed by atoms with Gasteiger partial charge in [0.05, 0.1) is 30.9 Å².